The first-order valence-electron chi connectivity index (χ1n) is 4.74. The molecule has 2 unspecified atom stereocenters. The van der Waals surface area contributed by atoms with Crippen molar-refractivity contribution in [3.63, 3.8) is 0 Å². The van der Waals surface area contributed by atoms with Crippen LogP contribution in [0.2, 0.25) is 0 Å². The molecule has 2 atom stereocenters. The molecule has 0 bridgehead atoms. The van der Waals surface area contributed by atoms with E-state index in [1.54, 1.807) is 5.57 Å². The molecule has 0 radical (unpaired) electrons. The average Bonchev–Trinajstić information content (AvgIpc) is 2.04. The number of hydrogen-bond donors (Lipinski definition) is 0. The summed E-state index contributed by atoms with van der Waals surface area (Å²) in [6.45, 7) is 2.33. The molecule has 0 aromatic carbocycles. The molecule has 0 heterocycles. The quantitative estimate of drug-likeness (QED) is 0.494. The monoisotopic (exact) mass is 148 g/mol. The highest BCUT2D eigenvalue weighted by Crippen LogP contribution is 2.34. The first-order chi connectivity index (χ1) is 5.36. The Morgan fingerprint density at radius 3 is 3.09 bits per heavy atom. The maximum Gasteiger partial charge on any atom is -0.0162 e. The van der Waals surface area contributed by atoms with Crippen LogP contribution >= 0.6 is 0 Å². The van der Waals surface area contributed by atoms with E-state index in [0.29, 0.717) is 0 Å². The van der Waals surface area contributed by atoms with Crippen molar-refractivity contribution in [1.29, 1.82) is 0 Å². The predicted molar refractivity (Wildman–Crippen MR) is 48.3 cm³/mol. The number of rotatable bonds is 0. The highest BCUT2D eigenvalue weighted by molar-refractivity contribution is 5.27. The van der Waals surface area contributed by atoms with Crippen molar-refractivity contribution in [2.45, 2.75) is 32.6 Å². The van der Waals surface area contributed by atoms with E-state index in [1.807, 2.05) is 0 Å². The van der Waals surface area contributed by atoms with Gasteiger partial charge in [-0.1, -0.05) is 25.2 Å². The summed E-state index contributed by atoms with van der Waals surface area (Å²) in [7, 11) is 0. The molecule has 0 N–H and O–H groups in total. The maximum atomic E-state index is 2.46. The third kappa shape index (κ3) is 1.40. The molecule has 0 aromatic rings. The Kier molecular flexibility index (Phi) is 1.85. The van der Waals surface area contributed by atoms with Crippen molar-refractivity contribution < 1.29 is 0 Å². The minimum atomic E-state index is 0.823. The van der Waals surface area contributed by atoms with E-state index in [9.17, 15) is 0 Å². The lowest BCUT2D eigenvalue weighted by Gasteiger charge is -2.27. The Labute approximate surface area is 69.0 Å². The fourth-order valence-corrected chi connectivity index (χ4v) is 2.20. The predicted octanol–water partition coefficient (Wildman–Crippen LogP) is 3.31. The molecule has 2 aliphatic carbocycles. The van der Waals surface area contributed by atoms with Crippen LogP contribution in [0.5, 0.6) is 0 Å². The molecule has 0 aromatic heterocycles. The summed E-state index contributed by atoms with van der Waals surface area (Å²) < 4.78 is 0. The van der Waals surface area contributed by atoms with E-state index < -0.39 is 0 Å². The van der Waals surface area contributed by atoms with Crippen molar-refractivity contribution in [2.24, 2.45) is 11.8 Å². The maximum absolute atomic E-state index is 2.46. The Balaban J connectivity index is 2.22. The number of allylic oxidation sites excluding steroid dienone is 4. The molecule has 0 aliphatic heterocycles. The van der Waals surface area contributed by atoms with E-state index in [0.717, 1.165) is 11.8 Å². The van der Waals surface area contributed by atoms with Crippen molar-refractivity contribution in [3.8, 4) is 0 Å². The highest BCUT2D eigenvalue weighted by Gasteiger charge is 2.20. The second kappa shape index (κ2) is 2.84. The number of fused-ring (bicyclic) bond motifs is 1. The highest BCUT2D eigenvalue weighted by atomic mass is 14.2. The van der Waals surface area contributed by atoms with Gasteiger partial charge in [0.25, 0.3) is 0 Å². The molecular formula is C11H16. The molecule has 60 valence electrons. The third-order valence-electron chi connectivity index (χ3n) is 2.91. The SMILES string of the molecule is CC1C=C2C=CCCC2CC1. The molecule has 0 heteroatoms. The zero-order valence-corrected chi connectivity index (χ0v) is 7.22. The van der Waals surface area contributed by atoms with Gasteiger partial charge in [0.1, 0.15) is 0 Å². The topological polar surface area (TPSA) is 0 Å². The van der Waals surface area contributed by atoms with Crippen LogP contribution in [-0.4, -0.2) is 0 Å². The number of hydrogen-bond acceptors (Lipinski definition) is 0. The van der Waals surface area contributed by atoms with Gasteiger partial charge in [-0.05, 0) is 43.1 Å². The van der Waals surface area contributed by atoms with Crippen molar-refractivity contribution in [3.05, 3.63) is 23.8 Å². The van der Waals surface area contributed by atoms with Crippen LogP contribution in [0.4, 0.5) is 0 Å². The van der Waals surface area contributed by atoms with Crippen LogP contribution in [0.15, 0.2) is 23.8 Å². The Hall–Kier alpha value is -0.520. The molecule has 2 rings (SSSR count). The second-order valence-corrected chi connectivity index (χ2v) is 3.90. The molecule has 2 aliphatic rings. The fraction of sp³-hybridized carbons (Fsp3) is 0.636. The molecule has 0 saturated heterocycles. The first-order valence-corrected chi connectivity index (χ1v) is 4.74. The van der Waals surface area contributed by atoms with Crippen LogP contribution < -0.4 is 0 Å². The normalized spacial score (nSPS) is 36.3. The molecular weight excluding hydrogens is 132 g/mol. The van der Waals surface area contributed by atoms with Crippen LogP contribution in [-0.2, 0) is 0 Å². The van der Waals surface area contributed by atoms with E-state index in [2.05, 4.69) is 25.2 Å². The van der Waals surface area contributed by atoms with Gasteiger partial charge in [-0.25, -0.2) is 0 Å². The largest absolute Gasteiger partial charge is 0.0842 e. The molecule has 0 amide bonds. The van der Waals surface area contributed by atoms with Crippen LogP contribution in [0.25, 0.3) is 0 Å². The van der Waals surface area contributed by atoms with Gasteiger partial charge in [0.05, 0.1) is 0 Å². The van der Waals surface area contributed by atoms with Crippen molar-refractivity contribution in [2.75, 3.05) is 0 Å². The van der Waals surface area contributed by atoms with E-state index in [-0.39, 0.29) is 0 Å². The van der Waals surface area contributed by atoms with Gasteiger partial charge < -0.3 is 0 Å². The van der Waals surface area contributed by atoms with Gasteiger partial charge in [0, 0.05) is 0 Å². The van der Waals surface area contributed by atoms with E-state index >= 15 is 0 Å². The zero-order valence-electron chi connectivity index (χ0n) is 7.22. The summed E-state index contributed by atoms with van der Waals surface area (Å²) in [6.07, 6.45) is 12.7. The molecule has 0 nitrogen and oxygen atoms in total. The van der Waals surface area contributed by atoms with E-state index in [1.165, 1.54) is 25.7 Å². The summed E-state index contributed by atoms with van der Waals surface area (Å²) in [5, 5.41) is 0. The zero-order chi connectivity index (χ0) is 7.68. The Morgan fingerprint density at radius 2 is 2.18 bits per heavy atom. The minimum absolute atomic E-state index is 0.823. The molecule has 0 spiro atoms. The van der Waals surface area contributed by atoms with Crippen molar-refractivity contribution in [1.82, 2.24) is 0 Å². The summed E-state index contributed by atoms with van der Waals surface area (Å²) >= 11 is 0. The molecule has 0 fully saturated rings. The lowest BCUT2D eigenvalue weighted by molar-refractivity contribution is 0.433. The van der Waals surface area contributed by atoms with Crippen LogP contribution in [0, 0.1) is 11.8 Å². The molecule has 0 saturated carbocycles. The summed E-state index contributed by atoms with van der Waals surface area (Å²) in [5.74, 6) is 1.74. The van der Waals surface area contributed by atoms with Crippen LogP contribution in [0.3, 0.4) is 0 Å². The second-order valence-electron chi connectivity index (χ2n) is 3.90. The van der Waals surface area contributed by atoms with Gasteiger partial charge in [-0.3, -0.25) is 0 Å². The fourth-order valence-electron chi connectivity index (χ4n) is 2.20. The Bertz CT molecular complexity index is 198. The van der Waals surface area contributed by atoms with Gasteiger partial charge in [0.2, 0.25) is 0 Å². The smallest absolute Gasteiger partial charge is 0.0162 e. The van der Waals surface area contributed by atoms with Gasteiger partial charge >= 0.3 is 0 Å². The van der Waals surface area contributed by atoms with Gasteiger partial charge in [0.15, 0.2) is 0 Å². The first kappa shape index (κ1) is 7.15. The third-order valence-corrected chi connectivity index (χ3v) is 2.91. The summed E-state index contributed by atoms with van der Waals surface area (Å²) in [4.78, 5) is 0. The lowest BCUT2D eigenvalue weighted by Crippen LogP contribution is -2.13. The standard InChI is InChI=1S/C11H16/c1-9-6-7-10-4-2-3-5-11(10)8-9/h3,5,8-10H,2,4,6-7H2,1H3. The van der Waals surface area contributed by atoms with E-state index in [4.69, 9.17) is 0 Å². The minimum Gasteiger partial charge on any atom is -0.0842 e. The summed E-state index contributed by atoms with van der Waals surface area (Å²) in [6, 6.07) is 0. The molecule has 11 heavy (non-hydrogen) atoms. The Morgan fingerprint density at radius 1 is 1.27 bits per heavy atom. The van der Waals surface area contributed by atoms with Gasteiger partial charge in [-0.2, -0.15) is 0 Å². The summed E-state index contributed by atoms with van der Waals surface area (Å²) in [5.41, 5.74) is 1.62. The van der Waals surface area contributed by atoms with Crippen molar-refractivity contribution >= 4 is 0 Å². The van der Waals surface area contributed by atoms with Gasteiger partial charge in [-0.15, -0.1) is 0 Å². The average molecular weight is 148 g/mol. The lowest BCUT2D eigenvalue weighted by atomic mass is 9.78. The van der Waals surface area contributed by atoms with Crippen LogP contribution in [0.1, 0.15) is 32.6 Å².